The molecular weight excluding hydrogens is 450 g/mol. The summed E-state index contributed by atoms with van der Waals surface area (Å²) in [6, 6.07) is 31.7. The van der Waals surface area contributed by atoms with E-state index < -0.39 is 0 Å². The van der Waals surface area contributed by atoms with Crippen LogP contribution in [0.2, 0.25) is 0 Å². The Morgan fingerprint density at radius 2 is 1.36 bits per heavy atom. The normalized spacial score (nSPS) is 15.2. The van der Waals surface area contributed by atoms with Gasteiger partial charge in [-0.2, -0.15) is 0 Å². The predicted molar refractivity (Wildman–Crippen MR) is 138 cm³/mol. The van der Waals surface area contributed by atoms with E-state index in [0.29, 0.717) is 6.67 Å². The van der Waals surface area contributed by atoms with E-state index in [2.05, 4.69) is 29.3 Å². The van der Waals surface area contributed by atoms with Gasteiger partial charge in [-0.1, -0.05) is 91.0 Å². The Kier molecular flexibility index (Phi) is 5.77. The standard InChI is InChI=1S/C30H27N3O3/c34-26-18-19-32-28(29(26)36-20-22-10-4-1-5-11-22)30(35)31(25-16-17-25)21-33(32)27(23-12-6-2-7-13-23)24-14-8-3-9-15-24/h1-15,18-19,25,27H,16-17,20-21H2. The number of carbonyl (C=O) groups is 1. The minimum atomic E-state index is -0.292. The summed E-state index contributed by atoms with van der Waals surface area (Å²) in [5, 5.41) is 2.16. The summed E-state index contributed by atoms with van der Waals surface area (Å²) in [5.74, 6) is -0.0593. The monoisotopic (exact) mass is 477 g/mol. The van der Waals surface area contributed by atoms with Crippen LogP contribution >= 0.6 is 0 Å². The molecule has 0 unspecified atom stereocenters. The van der Waals surface area contributed by atoms with E-state index in [1.165, 1.54) is 6.07 Å². The molecule has 0 spiro atoms. The molecule has 2 heterocycles. The summed E-state index contributed by atoms with van der Waals surface area (Å²) in [6.45, 7) is 0.635. The van der Waals surface area contributed by atoms with Crippen LogP contribution in [-0.4, -0.2) is 28.2 Å². The number of aromatic nitrogens is 1. The van der Waals surface area contributed by atoms with Crippen LogP contribution in [-0.2, 0) is 6.61 Å². The number of rotatable bonds is 7. The molecule has 0 bridgehead atoms. The maximum atomic E-state index is 13.8. The molecule has 1 aliphatic carbocycles. The van der Waals surface area contributed by atoms with Crippen molar-refractivity contribution >= 4 is 5.91 Å². The topological polar surface area (TPSA) is 54.8 Å². The Morgan fingerprint density at radius 3 is 1.94 bits per heavy atom. The number of pyridine rings is 1. The van der Waals surface area contributed by atoms with Crippen molar-refractivity contribution in [1.29, 1.82) is 0 Å². The first-order chi connectivity index (χ1) is 17.7. The first kappa shape index (κ1) is 22.2. The molecule has 6 nitrogen and oxygen atoms in total. The first-order valence-electron chi connectivity index (χ1n) is 12.3. The van der Waals surface area contributed by atoms with E-state index in [9.17, 15) is 9.59 Å². The van der Waals surface area contributed by atoms with E-state index in [1.807, 2.05) is 76.3 Å². The molecule has 0 saturated heterocycles. The van der Waals surface area contributed by atoms with E-state index >= 15 is 0 Å². The third-order valence-corrected chi connectivity index (χ3v) is 6.81. The van der Waals surface area contributed by atoms with Gasteiger partial charge in [0, 0.05) is 18.3 Å². The number of hydrogen-bond donors (Lipinski definition) is 0. The number of amides is 1. The number of nitrogens with zero attached hydrogens (tertiary/aromatic N) is 3. The van der Waals surface area contributed by atoms with Gasteiger partial charge in [0.25, 0.3) is 5.91 Å². The van der Waals surface area contributed by atoms with Crippen molar-refractivity contribution in [2.24, 2.45) is 0 Å². The Hall–Kier alpha value is -4.32. The Bertz CT molecular complexity index is 1380. The minimum absolute atomic E-state index is 0.0987. The number of benzene rings is 3. The van der Waals surface area contributed by atoms with Crippen molar-refractivity contribution in [2.75, 3.05) is 11.7 Å². The lowest BCUT2D eigenvalue weighted by Crippen LogP contribution is -2.56. The molecule has 3 aromatic carbocycles. The maximum Gasteiger partial charge on any atom is 0.278 e. The second-order valence-corrected chi connectivity index (χ2v) is 9.29. The summed E-state index contributed by atoms with van der Waals surface area (Å²) >= 11 is 0. The molecule has 0 N–H and O–H groups in total. The van der Waals surface area contributed by atoms with Gasteiger partial charge in [0.05, 0.1) is 6.04 Å². The first-order valence-corrected chi connectivity index (χ1v) is 12.3. The SMILES string of the molecule is O=C1c2c(OCc3ccccc3)c(=O)ccn2N(C(c2ccccc2)c2ccccc2)CN1C1CC1. The molecule has 6 heteroatoms. The molecule has 0 atom stereocenters. The van der Waals surface area contributed by atoms with Crippen LogP contribution in [0.1, 0.15) is 46.1 Å². The zero-order valence-electron chi connectivity index (χ0n) is 19.9. The Morgan fingerprint density at radius 1 is 0.778 bits per heavy atom. The van der Waals surface area contributed by atoms with Gasteiger partial charge in [0.1, 0.15) is 13.3 Å². The summed E-state index contributed by atoms with van der Waals surface area (Å²) in [7, 11) is 0. The molecule has 180 valence electrons. The third kappa shape index (κ3) is 4.15. The molecule has 4 aromatic rings. The van der Waals surface area contributed by atoms with Gasteiger partial charge in [0.2, 0.25) is 5.43 Å². The third-order valence-electron chi connectivity index (χ3n) is 6.81. The zero-order valence-corrected chi connectivity index (χ0v) is 19.9. The lowest BCUT2D eigenvalue weighted by molar-refractivity contribution is 0.0661. The molecule has 36 heavy (non-hydrogen) atoms. The minimum Gasteiger partial charge on any atom is -0.482 e. The van der Waals surface area contributed by atoms with Crippen molar-refractivity contribution < 1.29 is 9.53 Å². The van der Waals surface area contributed by atoms with Crippen molar-refractivity contribution in [3.05, 3.63) is 136 Å². The molecular formula is C30H27N3O3. The van der Waals surface area contributed by atoms with Crippen LogP contribution < -0.4 is 15.2 Å². The average Bonchev–Trinajstić information content (AvgIpc) is 3.77. The number of carbonyl (C=O) groups excluding carboxylic acids is 1. The van der Waals surface area contributed by atoms with E-state index in [1.54, 1.807) is 6.20 Å². The molecule has 2 aliphatic rings. The van der Waals surface area contributed by atoms with Crippen molar-refractivity contribution in [1.82, 2.24) is 9.58 Å². The highest BCUT2D eigenvalue weighted by molar-refractivity contribution is 5.96. The lowest BCUT2D eigenvalue weighted by atomic mass is 9.98. The van der Waals surface area contributed by atoms with Crippen molar-refractivity contribution in [3.63, 3.8) is 0 Å². The second kappa shape index (κ2) is 9.38. The van der Waals surface area contributed by atoms with Crippen LogP contribution in [0.5, 0.6) is 5.75 Å². The highest BCUT2D eigenvalue weighted by Gasteiger charge is 2.42. The fourth-order valence-corrected chi connectivity index (χ4v) is 4.89. The molecule has 1 fully saturated rings. The summed E-state index contributed by atoms with van der Waals surface area (Å²) in [5.41, 5.74) is 3.13. The van der Waals surface area contributed by atoms with Gasteiger partial charge in [-0.3, -0.25) is 19.3 Å². The van der Waals surface area contributed by atoms with E-state index in [4.69, 9.17) is 4.74 Å². The lowest BCUT2D eigenvalue weighted by Gasteiger charge is -2.44. The summed E-state index contributed by atoms with van der Waals surface area (Å²) < 4.78 is 7.90. The van der Waals surface area contributed by atoms with Gasteiger partial charge in [-0.05, 0) is 29.5 Å². The van der Waals surface area contributed by atoms with Gasteiger partial charge in [0.15, 0.2) is 11.4 Å². The zero-order chi connectivity index (χ0) is 24.5. The largest absolute Gasteiger partial charge is 0.482 e. The van der Waals surface area contributed by atoms with Crippen LogP contribution in [0.3, 0.4) is 0 Å². The number of fused-ring (bicyclic) bond motifs is 1. The van der Waals surface area contributed by atoms with Gasteiger partial charge >= 0.3 is 0 Å². The molecule has 1 amide bonds. The quantitative estimate of drug-likeness (QED) is 0.386. The smallest absolute Gasteiger partial charge is 0.278 e. The number of hydrogen-bond acceptors (Lipinski definition) is 4. The maximum absolute atomic E-state index is 13.8. The Balaban J connectivity index is 1.49. The van der Waals surface area contributed by atoms with Crippen LogP contribution in [0.4, 0.5) is 0 Å². The molecule has 6 rings (SSSR count). The Labute approximate surface area is 210 Å². The average molecular weight is 478 g/mol. The highest BCUT2D eigenvalue weighted by atomic mass is 16.5. The fraction of sp³-hybridized carbons (Fsp3) is 0.200. The molecule has 1 saturated carbocycles. The van der Waals surface area contributed by atoms with Crippen molar-refractivity contribution in [3.8, 4) is 5.75 Å². The van der Waals surface area contributed by atoms with Crippen LogP contribution in [0.25, 0.3) is 0 Å². The molecule has 1 aromatic heterocycles. The van der Waals surface area contributed by atoms with Gasteiger partial charge in [-0.15, -0.1) is 0 Å². The summed E-state index contributed by atoms with van der Waals surface area (Å²) in [6.07, 6.45) is 3.64. The van der Waals surface area contributed by atoms with Crippen molar-refractivity contribution in [2.45, 2.75) is 31.5 Å². The second-order valence-electron chi connectivity index (χ2n) is 9.29. The van der Waals surface area contributed by atoms with Crippen LogP contribution in [0.15, 0.2) is 108 Å². The van der Waals surface area contributed by atoms with E-state index in [0.717, 1.165) is 29.5 Å². The van der Waals surface area contributed by atoms with Crippen LogP contribution in [0, 0.1) is 0 Å². The number of ether oxygens (including phenoxy) is 1. The van der Waals surface area contributed by atoms with E-state index in [-0.39, 0.29) is 41.5 Å². The molecule has 0 radical (unpaired) electrons. The highest BCUT2D eigenvalue weighted by Crippen LogP contribution is 2.36. The fourth-order valence-electron chi connectivity index (χ4n) is 4.89. The summed E-state index contributed by atoms with van der Waals surface area (Å²) in [4.78, 5) is 28.7. The van der Waals surface area contributed by atoms with Gasteiger partial charge < -0.3 is 9.64 Å². The predicted octanol–water partition coefficient (Wildman–Crippen LogP) is 4.73. The van der Waals surface area contributed by atoms with Gasteiger partial charge in [-0.25, -0.2) is 0 Å². The molecule has 1 aliphatic heterocycles.